The lowest BCUT2D eigenvalue weighted by atomic mass is 9.99. The lowest BCUT2D eigenvalue weighted by Crippen LogP contribution is -2.45. The molecule has 0 spiro atoms. The van der Waals surface area contributed by atoms with Gasteiger partial charge in [-0.1, -0.05) is 6.08 Å². The number of halogens is 5. The maximum absolute atomic E-state index is 13.9. The Bertz CT molecular complexity index is 512. The van der Waals surface area contributed by atoms with Crippen LogP contribution < -0.4 is 5.32 Å². The summed E-state index contributed by atoms with van der Waals surface area (Å²) in [5.41, 5.74) is -0.784. The molecule has 1 aromatic carbocycles. The molecule has 0 bridgehead atoms. The molecule has 0 saturated carbocycles. The van der Waals surface area contributed by atoms with Crippen molar-refractivity contribution in [1.29, 1.82) is 0 Å². The maximum atomic E-state index is 13.9. The van der Waals surface area contributed by atoms with E-state index in [0.717, 1.165) is 0 Å². The van der Waals surface area contributed by atoms with Crippen LogP contribution in [0, 0.1) is 29.1 Å². The molecule has 0 radical (unpaired) electrons. The number of hydrogen-bond acceptors (Lipinski definition) is 2. The molecule has 1 aromatic rings. The van der Waals surface area contributed by atoms with Gasteiger partial charge in [-0.15, -0.1) is 6.58 Å². The smallest absolute Gasteiger partial charge is 0.200 e. The van der Waals surface area contributed by atoms with Gasteiger partial charge in [0.1, 0.15) is 0 Å². The van der Waals surface area contributed by atoms with E-state index in [2.05, 4.69) is 11.9 Å². The monoisotopic (exact) mass is 306 g/mol. The molecule has 116 valence electrons. The summed E-state index contributed by atoms with van der Waals surface area (Å²) < 4.78 is 67.7. The van der Waals surface area contributed by atoms with Crippen LogP contribution >= 0.6 is 0 Å². The summed E-state index contributed by atoms with van der Waals surface area (Å²) in [5.74, 6) is -9.49. The van der Waals surface area contributed by atoms with Crippen molar-refractivity contribution in [3.05, 3.63) is 47.3 Å². The Hall–Kier alpha value is -1.47. The van der Waals surface area contributed by atoms with E-state index in [1.807, 2.05) is 0 Å². The van der Waals surface area contributed by atoms with Gasteiger partial charge in [0.05, 0.1) is 0 Å². The highest BCUT2D eigenvalue weighted by Crippen LogP contribution is 2.33. The normalized spacial score (nSPS) is 17.8. The first-order valence-corrected chi connectivity index (χ1v) is 6.56. The molecule has 1 aliphatic rings. The minimum Gasteiger partial charge on any atom is -0.314 e. The Kier molecular flexibility index (Phi) is 4.95. The fourth-order valence-corrected chi connectivity index (χ4v) is 2.52. The van der Waals surface area contributed by atoms with E-state index < -0.39 is 40.7 Å². The lowest BCUT2D eigenvalue weighted by molar-refractivity contribution is 0.165. The van der Waals surface area contributed by atoms with E-state index in [0.29, 0.717) is 26.2 Å². The molecule has 1 aliphatic heterocycles. The number of nitrogens with zero attached hydrogens (tertiary/aromatic N) is 1. The van der Waals surface area contributed by atoms with E-state index in [-0.39, 0.29) is 6.42 Å². The SMILES string of the molecule is C=CC[C@H](c1c(F)c(F)c(F)c(F)c1F)N1CCNCC1. The third-order valence-corrected chi connectivity index (χ3v) is 3.56. The lowest BCUT2D eigenvalue weighted by Gasteiger charge is -2.35. The molecule has 1 fully saturated rings. The highest BCUT2D eigenvalue weighted by atomic mass is 19.2. The fourth-order valence-electron chi connectivity index (χ4n) is 2.52. The molecule has 0 unspecified atom stereocenters. The Morgan fingerprint density at radius 2 is 1.43 bits per heavy atom. The van der Waals surface area contributed by atoms with E-state index in [1.54, 1.807) is 4.90 Å². The number of piperazine rings is 1. The van der Waals surface area contributed by atoms with Crippen molar-refractivity contribution in [2.24, 2.45) is 0 Å². The van der Waals surface area contributed by atoms with E-state index in [9.17, 15) is 22.0 Å². The summed E-state index contributed by atoms with van der Waals surface area (Å²) in [6, 6.07) is -0.922. The molecule has 0 amide bonds. The zero-order chi connectivity index (χ0) is 15.6. The van der Waals surface area contributed by atoms with Crippen LogP contribution in [0.5, 0.6) is 0 Å². The number of rotatable bonds is 4. The fraction of sp³-hybridized carbons (Fsp3) is 0.429. The Morgan fingerprint density at radius 3 is 1.90 bits per heavy atom. The molecule has 21 heavy (non-hydrogen) atoms. The number of hydrogen-bond donors (Lipinski definition) is 1. The zero-order valence-electron chi connectivity index (χ0n) is 11.2. The van der Waals surface area contributed by atoms with Gasteiger partial charge in [0.25, 0.3) is 0 Å². The summed E-state index contributed by atoms with van der Waals surface area (Å²) in [4.78, 5) is 1.69. The second kappa shape index (κ2) is 6.53. The highest BCUT2D eigenvalue weighted by Gasteiger charge is 2.33. The van der Waals surface area contributed by atoms with Crippen LogP contribution in [0.2, 0.25) is 0 Å². The summed E-state index contributed by atoms with van der Waals surface area (Å²) in [6.45, 7) is 5.58. The predicted octanol–water partition coefficient (Wildman–Crippen LogP) is 2.90. The van der Waals surface area contributed by atoms with Gasteiger partial charge in [0, 0.05) is 37.8 Å². The van der Waals surface area contributed by atoms with Crippen LogP contribution in [-0.4, -0.2) is 31.1 Å². The van der Waals surface area contributed by atoms with Crippen LogP contribution in [0.15, 0.2) is 12.7 Å². The molecule has 2 nitrogen and oxygen atoms in total. The van der Waals surface area contributed by atoms with Crippen LogP contribution in [0.25, 0.3) is 0 Å². The first kappa shape index (κ1) is 15.9. The van der Waals surface area contributed by atoms with Gasteiger partial charge in [-0.2, -0.15) is 0 Å². The van der Waals surface area contributed by atoms with Crippen LogP contribution in [-0.2, 0) is 0 Å². The van der Waals surface area contributed by atoms with Gasteiger partial charge in [-0.05, 0) is 6.42 Å². The summed E-state index contributed by atoms with van der Waals surface area (Å²) >= 11 is 0. The summed E-state index contributed by atoms with van der Waals surface area (Å²) in [5, 5.41) is 3.06. The molecule has 0 aliphatic carbocycles. The van der Waals surface area contributed by atoms with Gasteiger partial charge >= 0.3 is 0 Å². The minimum absolute atomic E-state index is 0.0956. The molecule has 7 heteroatoms. The molecular formula is C14H15F5N2. The number of nitrogens with one attached hydrogen (secondary N) is 1. The van der Waals surface area contributed by atoms with Crippen molar-refractivity contribution >= 4 is 0 Å². The highest BCUT2D eigenvalue weighted by molar-refractivity contribution is 5.28. The zero-order valence-corrected chi connectivity index (χ0v) is 11.2. The standard InChI is InChI=1S/C14H15F5N2/c1-2-3-8(21-6-4-20-5-7-21)9-10(15)12(17)14(19)13(18)11(9)16/h2,8,20H,1,3-7H2/t8-/m1/s1. The molecule has 0 aromatic heterocycles. The van der Waals surface area contributed by atoms with Crippen molar-refractivity contribution in [3.63, 3.8) is 0 Å². The van der Waals surface area contributed by atoms with Crippen molar-refractivity contribution < 1.29 is 22.0 Å². The molecule has 2 rings (SSSR count). The Labute approximate surface area is 119 Å². The van der Waals surface area contributed by atoms with Crippen LogP contribution in [0.3, 0.4) is 0 Å². The molecular weight excluding hydrogens is 291 g/mol. The van der Waals surface area contributed by atoms with E-state index >= 15 is 0 Å². The summed E-state index contributed by atoms with van der Waals surface area (Å²) in [7, 11) is 0. The van der Waals surface area contributed by atoms with Gasteiger partial charge in [-0.25, -0.2) is 22.0 Å². The second-order valence-electron chi connectivity index (χ2n) is 4.81. The van der Waals surface area contributed by atoms with Crippen molar-refractivity contribution in [2.75, 3.05) is 26.2 Å². The first-order valence-electron chi connectivity index (χ1n) is 6.56. The Morgan fingerprint density at radius 1 is 0.952 bits per heavy atom. The quantitative estimate of drug-likeness (QED) is 0.398. The average Bonchev–Trinajstić information content (AvgIpc) is 2.51. The molecule has 1 saturated heterocycles. The van der Waals surface area contributed by atoms with Crippen molar-refractivity contribution in [3.8, 4) is 0 Å². The van der Waals surface area contributed by atoms with Crippen LogP contribution in [0.4, 0.5) is 22.0 Å². The Balaban J connectivity index is 2.51. The van der Waals surface area contributed by atoms with Gasteiger partial charge in [-0.3, -0.25) is 4.90 Å². The molecule has 1 N–H and O–H groups in total. The van der Waals surface area contributed by atoms with Gasteiger partial charge < -0.3 is 5.32 Å². The largest absolute Gasteiger partial charge is 0.314 e. The van der Waals surface area contributed by atoms with Crippen LogP contribution in [0.1, 0.15) is 18.0 Å². The second-order valence-corrected chi connectivity index (χ2v) is 4.81. The third-order valence-electron chi connectivity index (χ3n) is 3.56. The average molecular weight is 306 g/mol. The predicted molar refractivity (Wildman–Crippen MR) is 68.2 cm³/mol. The third kappa shape index (κ3) is 2.94. The summed E-state index contributed by atoms with van der Waals surface area (Å²) in [6.07, 6.45) is 1.50. The van der Waals surface area contributed by atoms with E-state index in [4.69, 9.17) is 0 Å². The molecule has 1 atom stereocenters. The van der Waals surface area contributed by atoms with Gasteiger partial charge in [0.2, 0.25) is 5.82 Å². The topological polar surface area (TPSA) is 15.3 Å². The first-order chi connectivity index (χ1) is 9.99. The minimum atomic E-state index is -2.13. The van der Waals surface area contributed by atoms with Crippen molar-refractivity contribution in [1.82, 2.24) is 10.2 Å². The van der Waals surface area contributed by atoms with Crippen molar-refractivity contribution in [2.45, 2.75) is 12.5 Å². The molecule has 1 heterocycles. The van der Waals surface area contributed by atoms with E-state index in [1.165, 1.54) is 6.08 Å². The van der Waals surface area contributed by atoms with Gasteiger partial charge in [0.15, 0.2) is 23.3 Å². The maximum Gasteiger partial charge on any atom is 0.200 e. The number of benzene rings is 1.